The second-order valence-electron chi connectivity index (χ2n) is 4.92. The number of nitrogens with two attached hydrogens (primary N) is 1. The number of nitrogens with one attached hydrogen (secondary N) is 1. The molecule has 1 aliphatic rings. The molecule has 0 bridgehead atoms. The number of benzene rings is 1. The molecule has 19 heavy (non-hydrogen) atoms. The van der Waals surface area contributed by atoms with Gasteiger partial charge in [-0.05, 0) is 30.5 Å². The fraction of sp³-hybridized carbons (Fsp3) is 0.500. The van der Waals surface area contributed by atoms with E-state index in [1.54, 1.807) is 0 Å². The number of aliphatic hydroxyl groups is 1. The highest BCUT2D eigenvalue weighted by molar-refractivity contribution is 9.10. The average molecular weight is 326 g/mol. The van der Waals surface area contributed by atoms with Crippen molar-refractivity contribution in [3.8, 4) is 0 Å². The van der Waals surface area contributed by atoms with E-state index in [-0.39, 0.29) is 6.54 Å². The van der Waals surface area contributed by atoms with Crippen LogP contribution in [0.25, 0.3) is 0 Å². The van der Waals surface area contributed by atoms with Crippen LogP contribution in [0.5, 0.6) is 0 Å². The van der Waals surface area contributed by atoms with Crippen LogP contribution in [0.1, 0.15) is 37.4 Å². The molecule has 0 heterocycles. The smallest absolute Gasteiger partial charge is 0.188 e. The minimum Gasteiger partial charge on any atom is -0.386 e. The lowest BCUT2D eigenvalue weighted by atomic mass is 10.1. The van der Waals surface area contributed by atoms with Crippen LogP contribution in [0.15, 0.2) is 33.7 Å². The largest absolute Gasteiger partial charge is 0.386 e. The molecule has 1 aliphatic carbocycles. The monoisotopic (exact) mass is 325 g/mol. The quantitative estimate of drug-likeness (QED) is 0.587. The van der Waals surface area contributed by atoms with Crippen molar-refractivity contribution in [1.82, 2.24) is 5.32 Å². The summed E-state index contributed by atoms with van der Waals surface area (Å²) >= 11 is 3.38. The van der Waals surface area contributed by atoms with Crippen LogP contribution in [0.3, 0.4) is 0 Å². The lowest BCUT2D eigenvalue weighted by Gasteiger charge is -2.13. The molecule has 5 heteroatoms. The Morgan fingerprint density at radius 3 is 2.89 bits per heavy atom. The van der Waals surface area contributed by atoms with Gasteiger partial charge in [-0.1, -0.05) is 40.9 Å². The zero-order valence-electron chi connectivity index (χ0n) is 10.8. The zero-order valence-corrected chi connectivity index (χ0v) is 12.4. The summed E-state index contributed by atoms with van der Waals surface area (Å²) in [5, 5.41) is 13.2. The second kappa shape index (κ2) is 6.91. The fourth-order valence-corrected chi connectivity index (χ4v) is 2.75. The van der Waals surface area contributed by atoms with Crippen LogP contribution in [0.2, 0.25) is 0 Å². The van der Waals surface area contributed by atoms with E-state index in [0.717, 1.165) is 22.9 Å². The van der Waals surface area contributed by atoms with Gasteiger partial charge in [0.2, 0.25) is 0 Å². The highest BCUT2D eigenvalue weighted by atomic mass is 79.9. The predicted molar refractivity (Wildman–Crippen MR) is 81.0 cm³/mol. The molecule has 0 saturated heterocycles. The Morgan fingerprint density at radius 2 is 2.21 bits per heavy atom. The molecule has 4 N–H and O–H groups in total. The van der Waals surface area contributed by atoms with Gasteiger partial charge in [0.25, 0.3) is 0 Å². The molecule has 2 rings (SSSR count). The number of hydrogen-bond donors (Lipinski definition) is 3. The van der Waals surface area contributed by atoms with Crippen molar-refractivity contribution in [2.24, 2.45) is 10.7 Å². The Balaban J connectivity index is 1.86. The molecule has 1 saturated carbocycles. The van der Waals surface area contributed by atoms with Gasteiger partial charge in [-0.15, -0.1) is 0 Å². The summed E-state index contributed by atoms with van der Waals surface area (Å²) in [6, 6.07) is 8.04. The van der Waals surface area contributed by atoms with Gasteiger partial charge in [0.1, 0.15) is 0 Å². The Bertz CT molecular complexity index is 444. The first kappa shape index (κ1) is 14.3. The molecule has 0 spiro atoms. The lowest BCUT2D eigenvalue weighted by molar-refractivity contribution is 0.187. The van der Waals surface area contributed by atoms with E-state index in [2.05, 4.69) is 26.2 Å². The van der Waals surface area contributed by atoms with Gasteiger partial charge in [0, 0.05) is 10.5 Å². The first-order chi connectivity index (χ1) is 9.15. The number of nitrogens with zero attached hydrogens (tertiary/aromatic N) is 1. The van der Waals surface area contributed by atoms with Crippen LogP contribution in [-0.4, -0.2) is 23.7 Å². The van der Waals surface area contributed by atoms with E-state index >= 15 is 0 Å². The van der Waals surface area contributed by atoms with Crippen molar-refractivity contribution in [1.29, 1.82) is 0 Å². The van der Waals surface area contributed by atoms with Crippen molar-refractivity contribution in [3.63, 3.8) is 0 Å². The van der Waals surface area contributed by atoms with Gasteiger partial charge in [-0.2, -0.15) is 0 Å². The maximum Gasteiger partial charge on any atom is 0.188 e. The summed E-state index contributed by atoms with van der Waals surface area (Å²) in [7, 11) is 0. The minimum atomic E-state index is -0.624. The molecule has 0 aromatic heterocycles. The molecule has 0 aliphatic heterocycles. The third-order valence-corrected chi connectivity index (χ3v) is 3.87. The number of rotatable bonds is 4. The summed E-state index contributed by atoms with van der Waals surface area (Å²) in [5.74, 6) is 0.431. The number of aliphatic hydroxyl groups excluding tert-OH is 1. The molecule has 0 unspecified atom stereocenters. The first-order valence-corrected chi connectivity index (χ1v) is 7.44. The summed E-state index contributed by atoms with van der Waals surface area (Å²) in [6.45, 7) is 0.280. The van der Waals surface area contributed by atoms with E-state index in [1.807, 2.05) is 24.3 Å². The summed E-state index contributed by atoms with van der Waals surface area (Å²) in [4.78, 5) is 4.21. The molecular weight excluding hydrogens is 306 g/mol. The van der Waals surface area contributed by atoms with Crippen molar-refractivity contribution in [3.05, 3.63) is 34.3 Å². The molecule has 1 aromatic rings. The number of hydrogen-bond acceptors (Lipinski definition) is 2. The Kier molecular flexibility index (Phi) is 5.22. The second-order valence-corrected chi connectivity index (χ2v) is 5.84. The van der Waals surface area contributed by atoms with Gasteiger partial charge < -0.3 is 16.2 Å². The molecular formula is C14H20BrN3O. The van der Waals surface area contributed by atoms with E-state index in [4.69, 9.17) is 5.73 Å². The van der Waals surface area contributed by atoms with Gasteiger partial charge >= 0.3 is 0 Å². The molecule has 1 aromatic carbocycles. The van der Waals surface area contributed by atoms with Gasteiger partial charge in [0.05, 0.1) is 12.6 Å². The number of aliphatic imine (C=N–C) groups is 1. The van der Waals surface area contributed by atoms with Crippen LogP contribution in [0, 0.1) is 0 Å². The van der Waals surface area contributed by atoms with Gasteiger partial charge in [-0.3, -0.25) is 4.99 Å². The summed E-state index contributed by atoms with van der Waals surface area (Å²) < 4.78 is 0.949. The maximum atomic E-state index is 10.0. The lowest BCUT2D eigenvalue weighted by Crippen LogP contribution is -2.38. The molecule has 1 fully saturated rings. The molecule has 0 amide bonds. The van der Waals surface area contributed by atoms with Crippen LogP contribution in [-0.2, 0) is 0 Å². The predicted octanol–water partition coefficient (Wildman–Crippen LogP) is 2.33. The van der Waals surface area contributed by atoms with E-state index in [9.17, 15) is 5.11 Å². The van der Waals surface area contributed by atoms with Crippen molar-refractivity contribution < 1.29 is 5.11 Å². The summed E-state index contributed by atoms with van der Waals surface area (Å²) in [5.41, 5.74) is 6.67. The fourth-order valence-electron chi connectivity index (χ4n) is 2.33. The molecule has 4 nitrogen and oxygen atoms in total. The summed E-state index contributed by atoms with van der Waals surface area (Å²) in [6.07, 6.45) is 4.20. The normalized spacial score (nSPS) is 18.5. The van der Waals surface area contributed by atoms with Crippen molar-refractivity contribution >= 4 is 21.9 Å². The standard InChI is InChI=1S/C14H20BrN3O/c15-11-5-3-4-10(8-11)13(19)9-17-14(16)18-12-6-1-2-7-12/h3-5,8,12-13,19H,1-2,6-7,9H2,(H3,16,17,18)/t13-/m0/s1. The Hall–Kier alpha value is -1.07. The van der Waals surface area contributed by atoms with Crippen LogP contribution < -0.4 is 11.1 Å². The third kappa shape index (κ3) is 4.51. The zero-order chi connectivity index (χ0) is 13.7. The van der Waals surface area contributed by atoms with E-state index in [1.165, 1.54) is 12.8 Å². The highest BCUT2D eigenvalue weighted by Crippen LogP contribution is 2.19. The number of halogens is 1. The van der Waals surface area contributed by atoms with Crippen LogP contribution >= 0.6 is 15.9 Å². The van der Waals surface area contributed by atoms with Gasteiger partial charge in [-0.25, -0.2) is 0 Å². The molecule has 1 atom stereocenters. The van der Waals surface area contributed by atoms with E-state index in [0.29, 0.717) is 12.0 Å². The third-order valence-electron chi connectivity index (χ3n) is 3.38. The highest BCUT2D eigenvalue weighted by Gasteiger charge is 2.15. The first-order valence-electron chi connectivity index (χ1n) is 6.65. The Labute approximate surface area is 122 Å². The van der Waals surface area contributed by atoms with Crippen molar-refractivity contribution in [2.45, 2.75) is 37.8 Å². The topological polar surface area (TPSA) is 70.6 Å². The average Bonchev–Trinajstić information content (AvgIpc) is 2.88. The SMILES string of the molecule is NC(=NC[C@H](O)c1cccc(Br)c1)NC1CCCC1. The van der Waals surface area contributed by atoms with Crippen molar-refractivity contribution in [2.75, 3.05) is 6.54 Å². The maximum absolute atomic E-state index is 10.0. The van der Waals surface area contributed by atoms with Crippen LogP contribution in [0.4, 0.5) is 0 Å². The molecule has 104 valence electrons. The number of guanidine groups is 1. The molecule has 0 radical (unpaired) electrons. The Morgan fingerprint density at radius 1 is 1.47 bits per heavy atom. The van der Waals surface area contributed by atoms with E-state index < -0.39 is 6.10 Å². The van der Waals surface area contributed by atoms with Gasteiger partial charge in [0.15, 0.2) is 5.96 Å². The minimum absolute atomic E-state index is 0.280.